The van der Waals surface area contributed by atoms with Crippen LogP contribution in [0.15, 0.2) is 24.3 Å². The first-order chi connectivity index (χ1) is 11.3. The first-order valence-electron chi connectivity index (χ1n) is 7.45. The minimum absolute atomic E-state index is 0.0774. The normalized spacial score (nSPS) is 11.8. The van der Waals surface area contributed by atoms with E-state index in [9.17, 15) is 14.4 Å². The fourth-order valence-corrected chi connectivity index (χ4v) is 2.00. The van der Waals surface area contributed by atoms with Crippen LogP contribution in [0.4, 0.5) is 0 Å². The molecule has 7 nitrogen and oxygen atoms in total. The summed E-state index contributed by atoms with van der Waals surface area (Å²) in [5.74, 6) is -1.92. The number of nitrogens with one attached hydrogen (secondary N) is 2. The van der Waals surface area contributed by atoms with Crippen LogP contribution in [-0.4, -0.2) is 48.7 Å². The molecule has 0 aliphatic rings. The van der Waals surface area contributed by atoms with Gasteiger partial charge in [-0.3, -0.25) is 9.59 Å². The molecule has 0 heterocycles. The van der Waals surface area contributed by atoms with E-state index in [1.165, 1.54) is 0 Å². The first kappa shape index (κ1) is 19.9. The Morgan fingerprint density at radius 3 is 2.38 bits per heavy atom. The van der Waals surface area contributed by atoms with Crippen molar-refractivity contribution in [3.05, 3.63) is 34.9 Å². The molecule has 8 heteroatoms. The third-order valence-corrected chi connectivity index (χ3v) is 3.37. The van der Waals surface area contributed by atoms with Gasteiger partial charge in [-0.1, -0.05) is 25.4 Å². The van der Waals surface area contributed by atoms with E-state index in [-0.39, 0.29) is 30.9 Å². The summed E-state index contributed by atoms with van der Waals surface area (Å²) in [5, 5.41) is 14.3. The Bertz CT molecular complexity index is 574. The highest BCUT2D eigenvalue weighted by Crippen LogP contribution is 2.10. The van der Waals surface area contributed by atoms with E-state index in [0.717, 1.165) is 0 Å². The molecule has 3 N–H and O–H groups in total. The van der Waals surface area contributed by atoms with Crippen LogP contribution in [0.5, 0.6) is 0 Å². The number of aliphatic carboxylic acids is 1. The molecule has 2 amide bonds. The number of benzene rings is 1. The molecule has 1 aromatic rings. The number of carbonyl (C=O) groups excluding carboxylic acids is 2. The number of carboxylic acids is 1. The molecule has 1 rings (SSSR count). The van der Waals surface area contributed by atoms with E-state index in [1.807, 2.05) is 13.8 Å². The molecule has 1 aromatic carbocycles. The van der Waals surface area contributed by atoms with Crippen LogP contribution in [0.2, 0.25) is 5.02 Å². The zero-order valence-corrected chi connectivity index (χ0v) is 14.3. The van der Waals surface area contributed by atoms with Crippen LogP contribution in [0.25, 0.3) is 0 Å². The second kappa shape index (κ2) is 9.89. The minimum Gasteiger partial charge on any atom is -0.480 e. The SMILES string of the molecule is CC(C)C(NC(=O)c1ccc(Cl)cc1)C(=O)NCCOCC(=O)O. The van der Waals surface area contributed by atoms with Crippen molar-refractivity contribution in [2.45, 2.75) is 19.9 Å². The number of ether oxygens (including phenoxy) is 1. The van der Waals surface area contributed by atoms with Gasteiger partial charge in [0.05, 0.1) is 6.61 Å². The van der Waals surface area contributed by atoms with Crippen LogP contribution >= 0.6 is 11.6 Å². The fourth-order valence-electron chi connectivity index (χ4n) is 1.88. The van der Waals surface area contributed by atoms with Gasteiger partial charge in [0.1, 0.15) is 12.6 Å². The van der Waals surface area contributed by atoms with Gasteiger partial charge >= 0.3 is 5.97 Å². The van der Waals surface area contributed by atoms with Gasteiger partial charge in [-0.05, 0) is 30.2 Å². The third-order valence-electron chi connectivity index (χ3n) is 3.11. The van der Waals surface area contributed by atoms with Gasteiger partial charge in [-0.2, -0.15) is 0 Å². The standard InChI is InChI=1S/C16H21ClN2O5/c1-10(2)14(16(23)18-7-8-24-9-13(20)21)19-15(22)11-3-5-12(17)6-4-11/h3-6,10,14H,7-9H2,1-2H3,(H,18,23)(H,19,22)(H,20,21). The van der Waals surface area contributed by atoms with Crippen molar-refractivity contribution in [3.8, 4) is 0 Å². The molecule has 0 spiro atoms. The molecule has 0 saturated heterocycles. The van der Waals surface area contributed by atoms with Crippen molar-refractivity contribution in [2.24, 2.45) is 5.92 Å². The van der Waals surface area contributed by atoms with Gasteiger partial charge < -0.3 is 20.5 Å². The van der Waals surface area contributed by atoms with E-state index in [2.05, 4.69) is 10.6 Å². The molecule has 0 aromatic heterocycles. The van der Waals surface area contributed by atoms with Crippen LogP contribution in [0.3, 0.4) is 0 Å². The van der Waals surface area contributed by atoms with Crippen LogP contribution < -0.4 is 10.6 Å². The summed E-state index contributed by atoms with van der Waals surface area (Å²) >= 11 is 5.78. The molecular weight excluding hydrogens is 336 g/mol. The molecule has 0 bridgehead atoms. The molecule has 0 aliphatic carbocycles. The third kappa shape index (κ3) is 6.97. The maximum atomic E-state index is 12.2. The minimum atomic E-state index is -1.07. The highest BCUT2D eigenvalue weighted by Gasteiger charge is 2.24. The van der Waals surface area contributed by atoms with Gasteiger partial charge in [-0.25, -0.2) is 4.79 Å². The van der Waals surface area contributed by atoms with E-state index in [1.54, 1.807) is 24.3 Å². The number of hydrogen-bond acceptors (Lipinski definition) is 4. The summed E-state index contributed by atoms with van der Waals surface area (Å²) in [5.41, 5.74) is 0.405. The number of amides is 2. The van der Waals surface area contributed by atoms with Gasteiger partial charge in [-0.15, -0.1) is 0 Å². The Balaban J connectivity index is 2.53. The molecule has 0 saturated carbocycles. The summed E-state index contributed by atoms with van der Waals surface area (Å²) < 4.78 is 4.83. The molecule has 1 unspecified atom stereocenters. The molecule has 1 atom stereocenters. The lowest BCUT2D eigenvalue weighted by Gasteiger charge is -2.21. The predicted molar refractivity (Wildman–Crippen MR) is 89.0 cm³/mol. The number of rotatable bonds is 9. The Labute approximate surface area is 145 Å². The highest BCUT2D eigenvalue weighted by atomic mass is 35.5. The van der Waals surface area contributed by atoms with Crippen molar-refractivity contribution in [1.82, 2.24) is 10.6 Å². The summed E-state index contributed by atoms with van der Waals surface area (Å²) in [6.45, 7) is 3.44. The van der Waals surface area contributed by atoms with Crippen molar-refractivity contribution in [1.29, 1.82) is 0 Å². The Kier molecular flexibility index (Phi) is 8.21. The maximum absolute atomic E-state index is 12.2. The quantitative estimate of drug-likeness (QED) is 0.579. The second-order valence-electron chi connectivity index (χ2n) is 5.44. The van der Waals surface area contributed by atoms with Crippen molar-refractivity contribution >= 4 is 29.4 Å². The Morgan fingerprint density at radius 2 is 1.83 bits per heavy atom. The molecule has 0 aliphatic heterocycles. The second-order valence-corrected chi connectivity index (χ2v) is 5.88. The number of carbonyl (C=O) groups is 3. The lowest BCUT2D eigenvalue weighted by Crippen LogP contribution is -2.50. The van der Waals surface area contributed by atoms with Gasteiger partial charge in [0.2, 0.25) is 5.91 Å². The summed E-state index contributed by atoms with van der Waals surface area (Å²) in [4.78, 5) is 34.7. The largest absolute Gasteiger partial charge is 0.480 e. The highest BCUT2D eigenvalue weighted by molar-refractivity contribution is 6.30. The monoisotopic (exact) mass is 356 g/mol. The number of hydrogen-bond donors (Lipinski definition) is 3. The zero-order valence-electron chi connectivity index (χ0n) is 13.5. The first-order valence-corrected chi connectivity index (χ1v) is 7.82. The number of carboxylic acid groups (broad SMARTS) is 1. The lowest BCUT2D eigenvalue weighted by atomic mass is 10.0. The van der Waals surface area contributed by atoms with E-state index >= 15 is 0 Å². The van der Waals surface area contributed by atoms with Crippen molar-refractivity contribution in [3.63, 3.8) is 0 Å². The Morgan fingerprint density at radius 1 is 1.21 bits per heavy atom. The van der Waals surface area contributed by atoms with Gasteiger partial charge in [0.15, 0.2) is 0 Å². The molecule has 132 valence electrons. The molecule has 0 fully saturated rings. The molecular formula is C16H21ClN2O5. The van der Waals surface area contributed by atoms with Crippen molar-refractivity contribution < 1.29 is 24.2 Å². The van der Waals surface area contributed by atoms with Crippen LogP contribution in [0, 0.1) is 5.92 Å². The maximum Gasteiger partial charge on any atom is 0.329 e. The van der Waals surface area contributed by atoms with Gasteiger partial charge in [0, 0.05) is 17.1 Å². The summed E-state index contributed by atoms with van der Waals surface area (Å²) in [6, 6.07) is 5.63. The van der Waals surface area contributed by atoms with Crippen molar-refractivity contribution in [2.75, 3.05) is 19.8 Å². The molecule has 0 radical (unpaired) electrons. The Hall–Kier alpha value is -2.12. The predicted octanol–water partition coefficient (Wildman–Crippen LogP) is 1.31. The van der Waals surface area contributed by atoms with Gasteiger partial charge in [0.25, 0.3) is 5.91 Å². The van der Waals surface area contributed by atoms with E-state index in [0.29, 0.717) is 10.6 Å². The molecule has 24 heavy (non-hydrogen) atoms. The van der Waals surface area contributed by atoms with Crippen LogP contribution in [0.1, 0.15) is 24.2 Å². The zero-order chi connectivity index (χ0) is 18.1. The summed E-state index contributed by atoms with van der Waals surface area (Å²) in [6.07, 6.45) is 0. The topological polar surface area (TPSA) is 105 Å². The average Bonchev–Trinajstić information content (AvgIpc) is 2.51. The smallest absolute Gasteiger partial charge is 0.329 e. The summed E-state index contributed by atoms with van der Waals surface area (Å²) in [7, 11) is 0. The van der Waals surface area contributed by atoms with Crippen LogP contribution in [-0.2, 0) is 14.3 Å². The fraction of sp³-hybridized carbons (Fsp3) is 0.438. The average molecular weight is 357 g/mol. The number of halogens is 1. The van der Waals surface area contributed by atoms with E-state index in [4.69, 9.17) is 21.4 Å². The lowest BCUT2D eigenvalue weighted by molar-refractivity contribution is -0.142. The van der Waals surface area contributed by atoms with E-state index < -0.39 is 18.6 Å².